The molecular weight excluding hydrogens is 747 g/mol. The number of unbranched alkanes of at least 4 members (excludes halogenated alkanes) is 28. The zero-order valence-electron chi connectivity index (χ0n) is 37.9. The molecule has 1 aliphatic heterocycles. The molecule has 10 heteroatoms. The van der Waals surface area contributed by atoms with Gasteiger partial charge in [-0.25, -0.2) is 0 Å². The van der Waals surface area contributed by atoms with Crippen LogP contribution in [0.3, 0.4) is 0 Å². The summed E-state index contributed by atoms with van der Waals surface area (Å²) in [4.78, 5) is 13.1. The Morgan fingerprint density at radius 2 is 0.983 bits per heavy atom. The summed E-state index contributed by atoms with van der Waals surface area (Å²) in [5.74, 6) is -0.620. The van der Waals surface area contributed by atoms with Gasteiger partial charge in [-0.15, -0.1) is 0 Å². The number of carbonyl (C=O) groups is 1. The molecule has 1 saturated heterocycles. The predicted octanol–water partition coefficient (Wildman–Crippen LogP) is 9.64. The van der Waals surface area contributed by atoms with E-state index in [-0.39, 0.29) is 6.61 Å². The van der Waals surface area contributed by atoms with Gasteiger partial charge in [-0.2, -0.15) is 0 Å². The Morgan fingerprint density at radius 3 is 1.42 bits per heavy atom. The predicted molar refractivity (Wildman–Crippen MR) is 241 cm³/mol. The summed E-state index contributed by atoms with van der Waals surface area (Å²) in [5.41, 5.74) is 0. The van der Waals surface area contributed by atoms with Crippen molar-refractivity contribution in [3.63, 3.8) is 0 Å². The van der Waals surface area contributed by atoms with Crippen molar-refractivity contribution < 1.29 is 44.9 Å². The van der Waals surface area contributed by atoms with Gasteiger partial charge in [0.25, 0.3) is 0 Å². The second-order valence-corrected chi connectivity index (χ2v) is 17.4. The molecule has 59 heavy (non-hydrogen) atoms. The standard InChI is InChI=1S/C49H93NO9/c1-3-5-7-9-11-13-15-17-18-19-20-21-22-23-24-26-28-30-32-34-36-38-43(53)48(57)50-41(40-58-49-47(56)46(55)45(54)44(39-51)59-49)42(52)37-35-33-31-29-27-25-16-14-12-10-8-6-4-2/h22-23,35,37,41-47,49,51-56H,3-21,24-34,36,38-40H2,1-2H3,(H,50,57)/b23-22-,37-35+. The maximum absolute atomic E-state index is 13.1. The van der Waals surface area contributed by atoms with Crippen molar-refractivity contribution in [2.45, 2.75) is 268 Å². The molecule has 0 saturated carbocycles. The molecule has 0 radical (unpaired) electrons. The molecule has 0 aromatic carbocycles. The highest BCUT2D eigenvalue weighted by molar-refractivity contribution is 5.80. The highest BCUT2D eigenvalue weighted by Crippen LogP contribution is 2.23. The normalized spacial score (nSPS) is 21.4. The maximum Gasteiger partial charge on any atom is 0.249 e. The minimum absolute atomic E-state index is 0.304. The summed E-state index contributed by atoms with van der Waals surface area (Å²) in [6, 6.07) is -0.980. The van der Waals surface area contributed by atoms with E-state index in [0.717, 1.165) is 44.9 Å². The summed E-state index contributed by atoms with van der Waals surface area (Å²) in [7, 11) is 0. The highest BCUT2D eigenvalue weighted by Gasteiger charge is 2.44. The van der Waals surface area contributed by atoms with E-state index >= 15 is 0 Å². The van der Waals surface area contributed by atoms with E-state index in [1.807, 2.05) is 6.08 Å². The third-order valence-corrected chi connectivity index (χ3v) is 11.9. The van der Waals surface area contributed by atoms with Crippen LogP contribution in [0.15, 0.2) is 24.3 Å². The van der Waals surface area contributed by atoms with Gasteiger partial charge in [-0.1, -0.05) is 199 Å². The number of amides is 1. The minimum atomic E-state index is -1.61. The van der Waals surface area contributed by atoms with E-state index in [1.165, 1.54) is 148 Å². The molecule has 8 atom stereocenters. The number of hydrogen-bond donors (Lipinski definition) is 7. The molecule has 8 unspecified atom stereocenters. The van der Waals surface area contributed by atoms with Gasteiger partial charge in [0, 0.05) is 0 Å². The molecule has 0 bridgehead atoms. The molecule has 1 aliphatic rings. The summed E-state index contributed by atoms with van der Waals surface area (Å²) >= 11 is 0. The molecular formula is C49H93NO9. The summed E-state index contributed by atoms with van der Waals surface area (Å²) < 4.78 is 11.1. The highest BCUT2D eigenvalue weighted by atomic mass is 16.7. The molecule has 0 aliphatic carbocycles. The van der Waals surface area contributed by atoms with Crippen LogP contribution in [0, 0.1) is 0 Å². The number of aliphatic hydroxyl groups excluding tert-OH is 6. The van der Waals surface area contributed by atoms with Crippen LogP contribution in [0.2, 0.25) is 0 Å². The lowest BCUT2D eigenvalue weighted by Gasteiger charge is -2.40. The van der Waals surface area contributed by atoms with E-state index in [0.29, 0.717) is 12.8 Å². The number of carbonyl (C=O) groups excluding carboxylic acids is 1. The summed E-state index contributed by atoms with van der Waals surface area (Å²) in [5, 5.41) is 64.7. The number of rotatable bonds is 41. The number of ether oxygens (including phenoxy) is 2. The molecule has 0 aromatic heterocycles. The third-order valence-electron chi connectivity index (χ3n) is 11.9. The van der Waals surface area contributed by atoms with Crippen LogP contribution in [-0.2, 0) is 14.3 Å². The smallest absolute Gasteiger partial charge is 0.249 e. The van der Waals surface area contributed by atoms with Crippen molar-refractivity contribution in [1.82, 2.24) is 5.32 Å². The van der Waals surface area contributed by atoms with E-state index in [1.54, 1.807) is 6.08 Å². The SMILES string of the molecule is CCCCCCCCCCCCC/C=C\CCCCCCCCC(O)C(=O)NC(COC1OC(CO)C(O)C(O)C1O)C(O)/C=C/CCCCCCCCCCCCC. The van der Waals surface area contributed by atoms with E-state index in [4.69, 9.17) is 9.47 Å². The van der Waals surface area contributed by atoms with Crippen molar-refractivity contribution in [2.24, 2.45) is 0 Å². The van der Waals surface area contributed by atoms with Gasteiger partial charge in [0.1, 0.15) is 30.5 Å². The lowest BCUT2D eigenvalue weighted by Crippen LogP contribution is -2.60. The lowest BCUT2D eigenvalue weighted by atomic mass is 9.99. The van der Waals surface area contributed by atoms with Crippen LogP contribution in [0.25, 0.3) is 0 Å². The van der Waals surface area contributed by atoms with E-state index in [2.05, 4.69) is 31.3 Å². The zero-order chi connectivity index (χ0) is 43.2. The van der Waals surface area contributed by atoms with Crippen LogP contribution in [0.1, 0.15) is 219 Å². The van der Waals surface area contributed by atoms with E-state index in [9.17, 15) is 35.4 Å². The zero-order valence-corrected chi connectivity index (χ0v) is 37.9. The maximum atomic E-state index is 13.1. The quantitative estimate of drug-likeness (QED) is 0.0234. The van der Waals surface area contributed by atoms with Gasteiger partial charge in [-0.05, 0) is 44.9 Å². The Hall–Kier alpha value is -1.37. The number of hydrogen-bond acceptors (Lipinski definition) is 9. The van der Waals surface area contributed by atoms with Crippen LogP contribution in [0.5, 0.6) is 0 Å². The Bertz CT molecular complexity index is 995. The average molecular weight is 840 g/mol. The molecule has 1 heterocycles. The largest absolute Gasteiger partial charge is 0.394 e. The Morgan fingerprint density at radius 1 is 0.576 bits per heavy atom. The topological polar surface area (TPSA) is 169 Å². The summed E-state index contributed by atoms with van der Waals surface area (Å²) in [6.45, 7) is 3.61. The van der Waals surface area contributed by atoms with Gasteiger partial charge >= 0.3 is 0 Å². The lowest BCUT2D eigenvalue weighted by molar-refractivity contribution is -0.302. The van der Waals surface area contributed by atoms with Crippen molar-refractivity contribution in [3.05, 3.63) is 24.3 Å². The second-order valence-electron chi connectivity index (χ2n) is 17.4. The number of nitrogens with one attached hydrogen (secondary N) is 1. The molecule has 1 fully saturated rings. The molecule has 10 nitrogen and oxygen atoms in total. The van der Waals surface area contributed by atoms with Crippen LogP contribution < -0.4 is 5.32 Å². The van der Waals surface area contributed by atoms with Crippen LogP contribution in [0.4, 0.5) is 0 Å². The van der Waals surface area contributed by atoms with Gasteiger partial charge < -0.3 is 45.4 Å². The molecule has 1 amide bonds. The first kappa shape index (κ1) is 55.6. The fourth-order valence-corrected chi connectivity index (χ4v) is 7.80. The molecule has 348 valence electrons. The van der Waals surface area contributed by atoms with Gasteiger partial charge in [0.15, 0.2) is 6.29 Å². The molecule has 0 spiro atoms. The Kier molecular flexibility index (Phi) is 37.2. The molecule has 1 rings (SSSR count). The Labute approximate surface area is 361 Å². The van der Waals surface area contributed by atoms with Crippen molar-refractivity contribution in [2.75, 3.05) is 13.2 Å². The molecule has 0 aromatic rings. The third kappa shape index (κ3) is 29.5. The van der Waals surface area contributed by atoms with Crippen LogP contribution >= 0.6 is 0 Å². The van der Waals surface area contributed by atoms with Gasteiger partial charge in [-0.3, -0.25) is 4.79 Å². The number of allylic oxidation sites excluding steroid dienone is 3. The van der Waals surface area contributed by atoms with E-state index < -0.39 is 61.5 Å². The average Bonchev–Trinajstić information content (AvgIpc) is 3.23. The fraction of sp³-hybridized carbons (Fsp3) is 0.898. The van der Waals surface area contributed by atoms with Crippen LogP contribution in [-0.4, -0.2) is 98.7 Å². The first-order valence-corrected chi connectivity index (χ1v) is 24.7. The first-order valence-electron chi connectivity index (χ1n) is 24.7. The summed E-state index contributed by atoms with van der Waals surface area (Å²) in [6.07, 6.45) is 36.9. The second kappa shape index (κ2) is 39.5. The van der Waals surface area contributed by atoms with Gasteiger partial charge in [0.05, 0.1) is 25.4 Å². The monoisotopic (exact) mass is 840 g/mol. The number of aliphatic hydroxyl groups is 6. The van der Waals surface area contributed by atoms with Crippen molar-refractivity contribution in [3.8, 4) is 0 Å². The minimum Gasteiger partial charge on any atom is -0.394 e. The fourth-order valence-electron chi connectivity index (χ4n) is 7.80. The van der Waals surface area contributed by atoms with Crippen molar-refractivity contribution in [1.29, 1.82) is 0 Å². The Balaban J connectivity index is 2.35. The van der Waals surface area contributed by atoms with Gasteiger partial charge in [0.2, 0.25) is 5.91 Å². The van der Waals surface area contributed by atoms with Crippen molar-refractivity contribution >= 4 is 5.91 Å². The molecule has 7 N–H and O–H groups in total. The first-order chi connectivity index (χ1) is 28.8.